The van der Waals surface area contributed by atoms with E-state index in [-0.39, 0.29) is 11.8 Å². The Morgan fingerprint density at radius 1 is 1.42 bits per heavy atom. The fraction of sp³-hybridized carbons (Fsp3) is 0.357. The van der Waals surface area contributed by atoms with Gasteiger partial charge in [-0.3, -0.25) is 9.78 Å². The van der Waals surface area contributed by atoms with Crippen LogP contribution in [0.25, 0.3) is 0 Å². The molecule has 98 valence electrons. The summed E-state index contributed by atoms with van der Waals surface area (Å²) in [7, 11) is 0. The molecule has 0 bridgehead atoms. The first-order chi connectivity index (χ1) is 9.25. The molecule has 3 rings (SSSR count). The second-order valence-corrected chi connectivity index (χ2v) is 5.77. The van der Waals surface area contributed by atoms with Crippen molar-refractivity contribution in [2.45, 2.75) is 31.6 Å². The Hall–Kier alpha value is -1.75. The number of aromatic nitrogens is 2. The van der Waals surface area contributed by atoms with E-state index in [9.17, 15) is 4.79 Å². The molecule has 1 unspecified atom stereocenters. The van der Waals surface area contributed by atoms with Crippen LogP contribution in [0.1, 0.15) is 42.2 Å². The Morgan fingerprint density at radius 3 is 2.89 bits per heavy atom. The van der Waals surface area contributed by atoms with Crippen LogP contribution < -0.4 is 5.32 Å². The van der Waals surface area contributed by atoms with E-state index in [4.69, 9.17) is 0 Å². The molecule has 0 radical (unpaired) electrons. The van der Waals surface area contributed by atoms with E-state index < -0.39 is 0 Å². The SMILES string of the molecule is CC(C(=O)Nc1nccnc1C1CC1)c1cccs1. The van der Waals surface area contributed by atoms with Crippen LogP contribution in [0.15, 0.2) is 29.9 Å². The lowest BCUT2D eigenvalue weighted by Gasteiger charge is -2.12. The maximum absolute atomic E-state index is 12.2. The second kappa shape index (κ2) is 5.09. The Balaban J connectivity index is 1.76. The number of rotatable bonds is 4. The smallest absolute Gasteiger partial charge is 0.233 e. The quantitative estimate of drug-likeness (QED) is 0.931. The molecule has 4 nitrogen and oxygen atoms in total. The molecular formula is C14H15N3OS. The van der Waals surface area contributed by atoms with Crippen LogP contribution in [0, 0.1) is 0 Å². The van der Waals surface area contributed by atoms with Gasteiger partial charge in [-0.25, -0.2) is 4.98 Å². The fourth-order valence-corrected chi connectivity index (χ4v) is 2.78. The summed E-state index contributed by atoms with van der Waals surface area (Å²) in [6.07, 6.45) is 5.59. The summed E-state index contributed by atoms with van der Waals surface area (Å²) in [5, 5.41) is 4.90. The molecular weight excluding hydrogens is 258 g/mol. The van der Waals surface area contributed by atoms with Gasteiger partial charge in [-0.05, 0) is 31.2 Å². The predicted octanol–water partition coefficient (Wildman–Crippen LogP) is 3.16. The number of carbonyl (C=O) groups excluding carboxylic acids is 1. The van der Waals surface area contributed by atoms with Gasteiger partial charge in [0.05, 0.1) is 11.6 Å². The lowest BCUT2D eigenvalue weighted by molar-refractivity contribution is -0.117. The molecule has 2 heterocycles. The van der Waals surface area contributed by atoms with Gasteiger partial charge in [0.15, 0.2) is 5.82 Å². The molecule has 1 aliphatic carbocycles. The van der Waals surface area contributed by atoms with E-state index in [0.717, 1.165) is 23.4 Å². The van der Waals surface area contributed by atoms with Crippen molar-refractivity contribution in [3.63, 3.8) is 0 Å². The number of hydrogen-bond acceptors (Lipinski definition) is 4. The molecule has 0 aliphatic heterocycles. The molecule has 1 atom stereocenters. The van der Waals surface area contributed by atoms with Crippen molar-refractivity contribution in [1.82, 2.24) is 9.97 Å². The van der Waals surface area contributed by atoms with Gasteiger partial charge in [0.1, 0.15) is 0 Å². The zero-order valence-electron chi connectivity index (χ0n) is 10.7. The highest BCUT2D eigenvalue weighted by Gasteiger charge is 2.29. The van der Waals surface area contributed by atoms with Crippen molar-refractivity contribution < 1.29 is 4.79 Å². The van der Waals surface area contributed by atoms with Crippen LogP contribution in [-0.4, -0.2) is 15.9 Å². The summed E-state index contributed by atoms with van der Waals surface area (Å²) in [4.78, 5) is 21.9. The van der Waals surface area contributed by atoms with Gasteiger partial charge in [0.25, 0.3) is 0 Å². The molecule has 0 spiro atoms. The average molecular weight is 273 g/mol. The molecule has 0 saturated heterocycles. The molecule has 2 aromatic rings. The first kappa shape index (κ1) is 12.3. The number of carbonyl (C=O) groups is 1. The summed E-state index contributed by atoms with van der Waals surface area (Å²) >= 11 is 1.60. The first-order valence-corrected chi connectivity index (χ1v) is 7.29. The van der Waals surface area contributed by atoms with Gasteiger partial charge in [-0.2, -0.15) is 0 Å². The Morgan fingerprint density at radius 2 is 2.21 bits per heavy atom. The Kier molecular flexibility index (Phi) is 3.29. The van der Waals surface area contributed by atoms with Crippen molar-refractivity contribution in [2.75, 3.05) is 5.32 Å². The molecule has 2 aromatic heterocycles. The van der Waals surface area contributed by atoms with Gasteiger partial charge >= 0.3 is 0 Å². The van der Waals surface area contributed by atoms with Crippen LogP contribution in [-0.2, 0) is 4.79 Å². The molecule has 1 fully saturated rings. The topological polar surface area (TPSA) is 54.9 Å². The maximum Gasteiger partial charge on any atom is 0.233 e. The van der Waals surface area contributed by atoms with Crippen LogP contribution in [0.3, 0.4) is 0 Å². The van der Waals surface area contributed by atoms with Crippen molar-refractivity contribution in [3.8, 4) is 0 Å². The van der Waals surface area contributed by atoms with Gasteiger partial charge in [-0.1, -0.05) is 6.07 Å². The Bertz CT molecular complexity index is 578. The molecule has 1 aliphatic rings. The third-order valence-electron chi connectivity index (χ3n) is 3.30. The van der Waals surface area contributed by atoms with Crippen LogP contribution in [0.5, 0.6) is 0 Å². The number of amides is 1. The molecule has 0 aromatic carbocycles. The lowest BCUT2D eigenvalue weighted by atomic mass is 10.1. The van der Waals surface area contributed by atoms with Gasteiger partial charge in [0, 0.05) is 23.2 Å². The van der Waals surface area contributed by atoms with Crippen LogP contribution in [0.2, 0.25) is 0 Å². The number of hydrogen-bond donors (Lipinski definition) is 1. The number of thiophene rings is 1. The third-order valence-corrected chi connectivity index (χ3v) is 4.35. The highest BCUT2D eigenvalue weighted by molar-refractivity contribution is 7.10. The summed E-state index contributed by atoms with van der Waals surface area (Å²) in [5.41, 5.74) is 0.925. The molecule has 1 saturated carbocycles. The zero-order valence-corrected chi connectivity index (χ0v) is 11.5. The minimum atomic E-state index is -0.158. The van der Waals surface area contributed by atoms with E-state index in [0.29, 0.717) is 11.7 Å². The number of anilines is 1. The highest BCUT2D eigenvalue weighted by Crippen LogP contribution is 2.41. The number of nitrogens with one attached hydrogen (secondary N) is 1. The molecule has 1 N–H and O–H groups in total. The molecule has 1 amide bonds. The van der Waals surface area contributed by atoms with E-state index in [2.05, 4.69) is 15.3 Å². The Labute approximate surface area is 115 Å². The van der Waals surface area contributed by atoms with Crippen molar-refractivity contribution in [2.24, 2.45) is 0 Å². The van der Waals surface area contributed by atoms with Gasteiger partial charge in [-0.15, -0.1) is 11.3 Å². The third kappa shape index (κ3) is 2.66. The largest absolute Gasteiger partial charge is 0.309 e. The van der Waals surface area contributed by atoms with Gasteiger partial charge < -0.3 is 5.32 Å². The first-order valence-electron chi connectivity index (χ1n) is 6.41. The zero-order chi connectivity index (χ0) is 13.2. The van der Waals surface area contributed by atoms with E-state index in [1.165, 1.54) is 0 Å². The van der Waals surface area contributed by atoms with Crippen molar-refractivity contribution in [3.05, 3.63) is 40.5 Å². The van der Waals surface area contributed by atoms with Gasteiger partial charge in [0.2, 0.25) is 5.91 Å². The summed E-state index contributed by atoms with van der Waals surface area (Å²) in [6.45, 7) is 1.91. The van der Waals surface area contributed by atoms with E-state index in [1.807, 2.05) is 24.4 Å². The minimum Gasteiger partial charge on any atom is -0.309 e. The van der Waals surface area contributed by atoms with E-state index >= 15 is 0 Å². The van der Waals surface area contributed by atoms with Crippen LogP contribution in [0.4, 0.5) is 5.82 Å². The minimum absolute atomic E-state index is 0.0233. The summed E-state index contributed by atoms with van der Waals surface area (Å²) in [5.74, 6) is 0.915. The maximum atomic E-state index is 12.2. The van der Waals surface area contributed by atoms with Crippen molar-refractivity contribution >= 4 is 23.1 Å². The second-order valence-electron chi connectivity index (χ2n) is 4.79. The summed E-state index contributed by atoms with van der Waals surface area (Å²) < 4.78 is 0. The predicted molar refractivity (Wildman–Crippen MR) is 75.4 cm³/mol. The average Bonchev–Trinajstić information content (AvgIpc) is 3.13. The van der Waals surface area contributed by atoms with Crippen molar-refractivity contribution in [1.29, 1.82) is 0 Å². The lowest BCUT2D eigenvalue weighted by Crippen LogP contribution is -2.20. The normalized spacial score (nSPS) is 16.1. The van der Waals surface area contributed by atoms with Crippen LogP contribution >= 0.6 is 11.3 Å². The molecule has 5 heteroatoms. The summed E-state index contributed by atoms with van der Waals surface area (Å²) in [6, 6.07) is 3.94. The standard InChI is InChI=1S/C14H15N3OS/c1-9(11-3-2-8-19-11)14(18)17-13-12(10-4-5-10)15-6-7-16-13/h2-3,6-10H,4-5H2,1H3,(H,16,17,18). The highest BCUT2D eigenvalue weighted by atomic mass is 32.1. The number of nitrogens with zero attached hydrogens (tertiary/aromatic N) is 2. The van der Waals surface area contributed by atoms with E-state index in [1.54, 1.807) is 23.7 Å². The monoisotopic (exact) mass is 273 g/mol. The fourth-order valence-electron chi connectivity index (χ4n) is 1.99. The molecule has 19 heavy (non-hydrogen) atoms.